The van der Waals surface area contributed by atoms with Crippen LogP contribution in [0.2, 0.25) is 0 Å². The molecule has 1 aliphatic carbocycles. The maximum atomic E-state index is 4.51. The van der Waals surface area contributed by atoms with E-state index in [1.807, 2.05) is 0 Å². The highest BCUT2D eigenvalue weighted by molar-refractivity contribution is 6.21. The number of benzene rings is 5. The summed E-state index contributed by atoms with van der Waals surface area (Å²) < 4.78 is 2.37. The molecule has 1 nitrogen and oxygen atoms in total. The molecule has 198 valence electrons. The molecular weight excluding hydrogens is 494 g/mol. The number of hydrogen-bond donors (Lipinski definition) is 0. The van der Waals surface area contributed by atoms with Crippen LogP contribution in [-0.2, 0) is 6.42 Å². The average Bonchev–Trinajstić information content (AvgIpc) is 3.29. The lowest BCUT2D eigenvalue weighted by atomic mass is 9.86. The molecule has 1 heteroatoms. The third-order valence-corrected chi connectivity index (χ3v) is 8.43. The predicted octanol–water partition coefficient (Wildman–Crippen LogP) is 9.09. The SMILES string of the molecule is C=c1c2c(n(-c3ccc(-c4c5ccccc5c(-c5ccccc5)c5ccccc45)cc3)/c1=C/C=C\C)C=CC(C)C2. The molecule has 0 aliphatic heterocycles. The molecule has 0 saturated heterocycles. The van der Waals surface area contributed by atoms with Crippen molar-refractivity contribution in [3.05, 3.63) is 143 Å². The molecular formula is C40H33N. The molecule has 1 atom stereocenters. The fourth-order valence-electron chi connectivity index (χ4n) is 6.53. The Kier molecular flexibility index (Phi) is 6.29. The zero-order valence-corrected chi connectivity index (χ0v) is 23.6. The van der Waals surface area contributed by atoms with E-state index in [-0.39, 0.29) is 0 Å². The lowest BCUT2D eigenvalue weighted by Gasteiger charge is -2.18. The van der Waals surface area contributed by atoms with Crippen molar-refractivity contribution in [2.24, 2.45) is 5.92 Å². The van der Waals surface area contributed by atoms with Gasteiger partial charge in [-0.25, -0.2) is 0 Å². The van der Waals surface area contributed by atoms with E-state index in [0.717, 1.165) is 22.7 Å². The van der Waals surface area contributed by atoms with Gasteiger partial charge in [0.25, 0.3) is 0 Å². The molecule has 0 spiro atoms. The van der Waals surface area contributed by atoms with Gasteiger partial charge < -0.3 is 4.57 Å². The zero-order valence-electron chi connectivity index (χ0n) is 23.6. The number of fused-ring (bicyclic) bond motifs is 3. The number of aromatic nitrogens is 1. The van der Waals surface area contributed by atoms with Crippen LogP contribution in [0.1, 0.15) is 25.1 Å². The number of nitrogens with zero attached hydrogens (tertiary/aromatic N) is 1. The van der Waals surface area contributed by atoms with Crippen molar-refractivity contribution in [1.82, 2.24) is 4.57 Å². The molecule has 1 aliphatic rings. The highest BCUT2D eigenvalue weighted by Crippen LogP contribution is 2.43. The van der Waals surface area contributed by atoms with Gasteiger partial charge in [-0.1, -0.05) is 123 Å². The normalized spacial score (nSPS) is 15.3. The van der Waals surface area contributed by atoms with Crippen molar-refractivity contribution >= 4 is 40.3 Å². The minimum absolute atomic E-state index is 0.524. The van der Waals surface area contributed by atoms with Crippen LogP contribution >= 0.6 is 0 Å². The number of rotatable bonds is 4. The van der Waals surface area contributed by atoms with Crippen LogP contribution in [0.25, 0.3) is 68.2 Å². The van der Waals surface area contributed by atoms with Crippen LogP contribution in [0.15, 0.2) is 121 Å². The summed E-state index contributed by atoms with van der Waals surface area (Å²) in [6.07, 6.45) is 12.0. The van der Waals surface area contributed by atoms with Crippen molar-refractivity contribution < 1.29 is 0 Å². The van der Waals surface area contributed by atoms with E-state index in [2.05, 4.69) is 159 Å². The van der Waals surface area contributed by atoms with Gasteiger partial charge in [-0.15, -0.1) is 0 Å². The molecule has 1 unspecified atom stereocenters. The molecule has 41 heavy (non-hydrogen) atoms. The Morgan fingerprint density at radius 1 is 0.707 bits per heavy atom. The molecule has 0 saturated carbocycles. The van der Waals surface area contributed by atoms with Crippen LogP contribution in [0.4, 0.5) is 0 Å². The van der Waals surface area contributed by atoms with Gasteiger partial charge in [-0.3, -0.25) is 0 Å². The Morgan fingerprint density at radius 2 is 1.24 bits per heavy atom. The quantitative estimate of drug-likeness (QED) is 0.202. The minimum atomic E-state index is 0.524. The largest absolute Gasteiger partial charge is 0.310 e. The maximum Gasteiger partial charge on any atom is 0.0531 e. The highest BCUT2D eigenvalue weighted by Gasteiger charge is 2.19. The first kappa shape index (κ1) is 25.1. The van der Waals surface area contributed by atoms with E-state index < -0.39 is 0 Å². The molecule has 0 N–H and O–H groups in total. The Balaban J connectivity index is 1.46. The molecule has 0 bridgehead atoms. The van der Waals surface area contributed by atoms with Gasteiger partial charge >= 0.3 is 0 Å². The van der Waals surface area contributed by atoms with E-state index >= 15 is 0 Å². The van der Waals surface area contributed by atoms with Crippen LogP contribution < -0.4 is 10.6 Å². The van der Waals surface area contributed by atoms with Gasteiger partial charge in [0.2, 0.25) is 0 Å². The molecule has 0 radical (unpaired) electrons. The third kappa shape index (κ3) is 4.17. The number of hydrogen-bond acceptors (Lipinski definition) is 0. The molecule has 1 aromatic heterocycles. The van der Waals surface area contributed by atoms with Crippen LogP contribution in [0, 0.1) is 5.92 Å². The summed E-state index contributed by atoms with van der Waals surface area (Å²) in [5, 5.41) is 7.39. The van der Waals surface area contributed by atoms with Crippen LogP contribution in [0.5, 0.6) is 0 Å². The summed E-state index contributed by atoms with van der Waals surface area (Å²) >= 11 is 0. The van der Waals surface area contributed by atoms with Gasteiger partial charge in [-0.2, -0.15) is 0 Å². The molecule has 1 heterocycles. The van der Waals surface area contributed by atoms with Crippen molar-refractivity contribution in [3.8, 4) is 27.9 Å². The smallest absolute Gasteiger partial charge is 0.0531 e. The third-order valence-electron chi connectivity index (χ3n) is 8.43. The van der Waals surface area contributed by atoms with Crippen LogP contribution in [0.3, 0.4) is 0 Å². The summed E-state index contributed by atoms with van der Waals surface area (Å²) in [4.78, 5) is 0. The van der Waals surface area contributed by atoms with Crippen molar-refractivity contribution in [3.63, 3.8) is 0 Å². The van der Waals surface area contributed by atoms with Gasteiger partial charge in [0.15, 0.2) is 0 Å². The Labute approximate surface area is 241 Å². The molecule has 0 amide bonds. The zero-order chi connectivity index (χ0) is 27.9. The summed E-state index contributed by atoms with van der Waals surface area (Å²) in [6.45, 7) is 8.85. The summed E-state index contributed by atoms with van der Waals surface area (Å²) in [5.74, 6) is 0.524. The molecule has 5 aromatic carbocycles. The van der Waals surface area contributed by atoms with Gasteiger partial charge in [0.1, 0.15) is 0 Å². The molecule has 0 fully saturated rings. The topological polar surface area (TPSA) is 4.93 Å². The van der Waals surface area contributed by atoms with Crippen LogP contribution in [-0.4, -0.2) is 4.57 Å². The fourth-order valence-corrected chi connectivity index (χ4v) is 6.53. The van der Waals surface area contributed by atoms with E-state index in [0.29, 0.717) is 5.92 Å². The number of allylic oxidation sites excluding steroid dienone is 3. The minimum Gasteiger partial charge on any atom is -0.310 e. The first-order valence-corrected chi connectivity index (χ1v) is 14.5. The summed E-state index contributed by atoms with van der Waals surface area (Å²) in [5.41, 5.74) is 8.81. The molecule has 7 rings (SSSR count). The first-order valence-electron chi connectivity index (χ1n) is 14.5. The Bertz CT molecular complexity index is 2030. The maximum absolute atomic E-state index is 4.51. The Morgan fingerprint density at radius 3 is 1.80 bits per heavy atom. The second-order valence-electron chi connectivity index (χ2n) is 11.1. The second kappa shape index (κ2) is 10.3. The van der Waals surface area contributed by atoms with E-state index in [1.165, 1.54) is 55.1 Å². The van der Waals surface area contributed by atoms with Gasteiger partial charge in [-0.05, 0) is 98.1 Å². The highest BCUT2D eigenvalue weighted by atomic mass is 15.0. The van der Waals surface area contributed by atoms with Crippen molar-refractivity contribution in [2.45, 2.75) is 20.3 Å². The van der Waals surface area contributed by atoms with Gasteiger partial charge in [0.05, 0.1) is 5.35 Å². The average molecular weight is 528 g/mol. The lowest BCUT2D eigenvalue weighted by Crippen LogP contribution is -2.28. The molecule has 6 aromatic rings. The van der Waals surface area contributed by atoms with Gasteiger partial charge in [0, 0.05) is 11.4 Å². The Hall–Kier alpha value is -4.88. The van der Waals surface area contributed by atoms with E-state index in [4.69, 9.17) is 0 Å². The van der Waals surface area contributed by atoms with E-state index in [1.54, 1.807) is 0 Å². The van der Waals surface area contributed by atoms with Crippen molar-refractivity contribution in [2.75, 3.05) is 0 Å². The van der Waals surface area contributed by atoms with E-state index in [9.17, 15) is 0 Å². The lowest BCUT2D eigenvalue weighted by molar-refractivity contribution is 0.712. The second-order valence-corrected chi connectivity index (χ2v) is 11.1. The standard InChI is InChI=1S/C40H33N/c1-4-5-19-37-28(3)36-26-27(2)20-25-38(36)41(37)31-23-21-30(22-24-31)40-34-17-11-9-15-32(34)39(29-13-7-6-8-14-29)33-16-10-12-18-35(33)40/h4-25,27H,3,26H2,1-2H3/b5-4-,37-19+. The first-order chi connectivity index (χ1) is 20.2. The van der Waals surface area contributed by atoms with Crippen molar-refractivity contribution in [1.29, 1.82) is 0 Å². The monoisotopic (exact) mass is 527 g/mol. The summed E-state index contributed by atoms with van der Waals surface area (Å²) in [7, 11) is 0. The summed E-state index contributed by atoms with van der Waals surface area (Å²) in [6, 6.07) is 37.6. The fraction of sp³-hybridized carbons (Fsp3) is 0.100. The predicted molar refractivity (Wildman–Crippen MR) is 178 cm³/mol.